The molecule has 1 aromatic heterocycles. The molecule has 1 saturated carbocycles. The lowest BCUT2D eigenvalue weighted by atomic mass is 9.85. The van der Waals surface area contributed by atoms with Crippen molar-refractivity contribution in [2.75, 3.05) is 13.6 Å². The molecule has 1 aliphatic carbocycles. The number of thiophene rings is 1. The van der Waals surface area contributed by atoms with Crippen LogP contribution in [0.2, 0.25) is 0 Å². The molecular weight excluding hydrogens is 274 g/mol. The Labute approximate surface area is 102 Å². The number of halogens is 1. The number of hydrogen-bond acceptors (Lipinski definition) is 2. The van der Waals surface area contributed by atoms with Gasteiger partial charge in [-0.05, 0) is 46.1 Å². The van der Waals surface area contributed by atoms with Gasteiger partial charge < -0.3 is 4.90 Å². The molecule has 82 valence electrons. The molecule has 2 nitrogen and oxygen atoms in total. The number of amides is 1. The topological polar surface area (TPSA) is 20.3 Å². The van der Waals surface area contributed by atoms with Gasteiger partial charge in [-0.15, -0.1) is 11.3 Å². The molecule has 2 rings (SSSR count). The molecule has 0 aromatic carbocycles. The first-order chi connectivity index (χ1) is 7.18. The molecule has 0 atom stereocenters. The Bertz CT molecular complexity index is 359. The highest BCUT2D eigenvalue weighted by Gasteiger charge is 2.23. The Morgan fingerprint density at radius 1 is 1.67 bits per heavy atom. The molecule has 1 amide bonds. The number of rotatable bonds is 3. The maximum atomic E-state index is 12.0. The van der Waals surface area contributed by atoms with E-state index in [1.54, 1.807) is 0 Å². The van der Waals surface area contributed by atoms with Gasteiger partial charge in [-0.25, -0.2) is 0 Å². The van der Waals surface area contributed by atoms with Crippen molar-refractivity contribution in [3.05, 3.63) is 20.8 Å². The van der Waals surface area contributed by atoms with Crippen LogP contribution < -0.4 is 0 Å². The monoisotopic (exact) mass is 287 g/mol. The molecular formula is C11H14BrNOS. The summed E-state index contributed by atoms with van der Waals surface area (Å²) in [5.41, 5.74) is 0. The van der Waals surface area contributed by atoms with Crippen LogP contribution in [-0.2, 0) is 0 Å². The van der Waals surface area contributed by atoms with E-state index in [0.29, 0.717) is 0 Å². The van der Waals surface area contributed by atoms with Crippen LogP contribution in [0.4, 0.5) is 0 Å². The maximum absolute atomic E-state index is 12.0. The lowest BCUT2D eigenvalue weighted by Gasteiger charge is -2.30. The molecule has 0 spiro atoms. The van der Waals surface area contributed by atoms with Crippen molar-refractivity contribution in [1.29, 1.82) is 0 Å². The van der Waals surface area contributed by atoms with Gasteiger partial charge in [0.05, 0.1) is 0 Å². The Morgan fingerprint density at radius 3 is 2.87 bits per heavy atom. The van der Waals surface area contributed by atoms with Gasteiger partial charge in [0, 0.05) is 18.1 Å². The molecule has 4 heteroatoms. The molecule has 0 radical (unpaired) electrons. The van der Waals surface area contributed by atoms with Crippen LogP contribution in [0.1, 0.15) is 28.9 Å². The van der Waals surface area contributed by atoms with Crippen LogP contribution in [0, 0.1) is 5.92 Å². The zero-order valence-corrected chi connectivity index (χ0v) is 11.1. The van der Waals surface area contributed by atoms with Gasteiger partial charge in [-0.1, -0.05) is 6.42 Å². The molecule has 1 heterocycles. The van der Waals surface area contributed by atoms with Crippen LogP contribution in [-0.4, -0.2) is 24.4 Å². The van der Waals surface area contributed by atoms with Crippen molar-refractivity contribution < 1.29 is 4.79 Å². The van der Waals surface area contributed by atoms with E-state index in [1.807, 2.05) is 23.4 Å². The van der Waals surface area contributed by atoms with E-state index in [9.17, 15) is 4.79 Å². The summed E-state index contributed by atoms with van der Waals surface area (Å²) in [4.78, 5) is 14.7. The van der Waals surface area contributed by atoms with Gasteiger partial charge in [-0.2, -0.15) is 0 Å². The Balaban J connectivity index is 1.97. The number of carbonyl (C=O) groups excluding carboxylic acids is 1. The van der Waals surface area contributed by atoms with Crippen molar-refractivity contribution in [3.8, 4) is 0 Å². The Kier molecular flexibility index (Phi) is 3.46. The predicted octanol–water partition coefficient (Wildman–Crippen LogP) is 3.38. The standard InChI is InChI=1S/C11H14BrNOS/c1-13(7-8-3-2-4-8)11(14)10-9(12)5-6-15-10/h5-6,8H,2-4,7H2,1H3. The summed E-state index contributed by atoms with van der Waals surface area (Å²) in [5, 5.41) is 1.94. The van der Waals surface area contributed by atoms with Crippen LogP contribution in [0.25, 0.3) is 0 Å². The first kappa shape index (κ1) is 11.1. The minimum absolute atomic E-state index is 0.142. The second kappa shape index (κ2) is 4.66. The minimum Gasteiger partial charge on any atom is -0.341 e. The van der Waals surface area contributed by atoms with Gasteiger partial charge in [-0.3, -0.25) is 4.79 Å². The largest absolute Gasteiger partial charge is 0.341 e. The summed E-state index contributed by atoms with van der Waals surface area (Å²) < 4.78 is 0.915. The van der Waals surface area contributed by atoms with Crippen LogP contribution in [0.3, 0.4) is 0 Å². The second-order valence-electron chi connectivity index (χ2n) is 4.08. The van der Waals surface area contributed by atoms with E-state index in [0.717, 1.165) is 21.8 Å². The van der Waals surface area contributed by atoms with Gasteiger partial charge in [0.15, 0.2) is 0 Å². The smallest absolute Gasteiger partial charge is 0.264 e. The van der Waals surface area contributed by atoms with Crippen molar-refractivity contribution in [1.82, 2.24) is 4.90 Å². The van der Waals surface area contributed by atoms with Gasteiger partial charge >= 0.3 is 0 Å². The highest BCUT2D eigenvalue weighted by molar-refractivity contribution is 9.10. The molecule has 1 aliphatic rings. The second-order valence-corrected chi connectivity index (χ2v) is 5.85. The number of nitrogens with zero attached hydrogens (tertiary/aromatic N) is 1. The average molecular weight is 288 g/mol. The summed E-state index contributed by atoms with van der Waals surface area (Å²) in [6.45, 7) is 0.906. The zero-order chi connectivity index (χ0) is 10.8. The SMILES string of the molecule is CN(CC1CCC1)C(=O)c1sccc1Br. The first-order valence-electron chi connectivity index (χ1n) is 5.17. The lowest BCUT2D eigenvalue weighted by Crippen LogP contribution is -2.34. The molecule has 15 heavy (non-hydrogen) atoms. The Morgan fingerprint density at radius 2 is 2.40 bits per heavy atom. The predicted molar refractivity (Wildman–Crippen MR) is 66.3 cm³/mol. The first-order valence-corrected chi connectivity index (χ1v) is 6.84. The summed E-state index contributed by atoms with van der Waals surface area (Å²) in [6, 6.07) is 1.93. The van der Waals surface area contributed by atoms with E-state index >= 15 is 0 Å². The quantitative estimate of drug-likeness (QED) is 0.835. The summed E-state index contributed by atoms with van der Waals surface area (Å²) >= 11 is 4.90. The normalized spacial score (nSPS) is 16.1. The van der Waals surface area contributed by atoms with E-state index in [1.165, 1.54) is 30.6 Å². The Hall–Kier alpha value is -0.350. The molecule has 0 bridgehead atoms. The third kappa shape index (κ3) is 2.42. The fourth-order valence-electron chi connectivity index (χ4n) is 1.77. The van der Waals surface area contributed by atoms with E-state index < -0.39 is 0 Å². The molecule has 0 N–H and O–H groups in total. The summed E-state index contributed by atoms with van der Waals surface area (Å²) in [5.74, 6) is 0.876. The van der Waals surface area contributed by atoms with E-state index in [2.05, 4.69) is 15.9 Å². The zero-order valence-electron chi connectivity index (χ0n) is 8.70. The fourth-order valence-corrected chi connectivity index (χ4v) is 3.30. The third-order valence-corrected chi connectivity index (χ3v) is 4.74. The van der Waals surface area contributed by atoms with Gasteiger partial charge in [0.25, 0.3) is 5.91 Å². The van der Waals surface area contributed by atoms with Crippen molar-refractivity contribution in [2.45, 2.75) is 19.3 Å². The maximum Gasteiger partial charge on any atom is 0.264 e. The number of hydrogen-bond donors (Lipinski definition) is 0. The average Bonchev–Trinajstić information content (AvgIpc) is 2.56. The molecule has 0 unspecified atom stereocenters. The van der Waals surface area contributed by atoms with E-state index in [4.69, 9.17) is 0 Å². The van der Waals surface area contributed by atoms with Gasteiger partial charge in [0.1, 0.15) is 4.88 Å². The molecule has 0 saturated heterocycles. The molecule has 1 aromatic rings. The lowest BCUT2D eigenvalue weighted by molar-refractivity contribution is 0.0749. The fraction of sp³-hybridized carbons (Fsp3) is 0.545. The van der Waals surface area contributed by atoms with Crippen molar-refractivity contribution in [3.63, 3.8) is 0 Å². The summed E-state index contributed by atoms with van der Waals surface area (Å²) in [6.07, 6.45) is 3.89. The van der Waals surface area contributed by atoms with E-state index in [-0.39, 0.29) is 5.91 Å². The van der Waals surface area contributed by atoms with Crippen molar-refractivity contribution >= 4 is 33.2 Å². The highest BCUT2D eigenvalue weighted by Crippen LogP contribution is 2.28. The molecule has 0 aliphatic heterocycles. The highest BCUT2D eigenvalue weighted by atomic mass is 79.9. The van der Waals surface area contributed by atoms with Crippen LogP contribution >= 0.6 is 27.3 Å². The molecule has 1 fully saturated rings. The van der Waals surface area contributed by atoms with Crippen LogP contribution in [0.15, 0.2) is 15.9 Å². The van der Waals surface area contributed by atoms with Crippen molar-refractivity contribution in [2.24, 2.45) is 5.92 Å². The number of carbonyl (C=O) groups is 1. The van der Waals surface area contributed by atoms with Gasteiger partial charge in [0.2, 0.25) is 0 Å². The third-order valence-electron chi connectivity index (χ3n) is 2.91. The minimum atomic E-state index is 0.142. The summed E-state index contributed by atoms with van der Waals surface area (Å²) in [7, 11) is 1.90. The van der Waals surface area contributed by atoms with Crippen LogP contribution in [0.5, 0.6) is 0 Å².